The van der Waals surface area contributed by atoms with Crippen LogP contribution in [-0.2, 0) is 23.2 Å². The maximum atomic E-state index is 12.4. The van der Waals surface area contributed by atoms with Crippen molar-refractivity contribution in [1.82, 2.24) is 4.57 Å². The number of rotatable bonds is 4. The molecule has 0 bridgehead atoms. The molecule has 0 unspecified atom stereocenters. The van der Waals surface area contributed by atoms with E-state index in [2.05, 4.69) is 37.3 Å². The Bertz CT molecular complexity index is 789. The lowest BCUT2D eigenvalue weighted by molar-refractivity contribution is -0.117. The van der Waals surface area contributed by atoms with Crippen LogP contribution in [-0.4, -0.2) is 10.5 Å². The van der Waals surface area contributed by atoms with E-state index < -0.39 is 0 Å². The van der Waals surface area contributed by atoms with Gasteiger partial charge in [0.15, 0.2) is 4.80 Å². The van der Waals surface area contributed by atoms with Gasteiger partial charge in [0.05, 0.1) is 6.42 Å². The highest BCUT2D eigenvalue weighted by molar-refractivity contribution is 7.09. The van der Waals surface area contributed by atoms with Crippen LogP contribution in [0, 0.1) is 12.8 Å². The van der Waals surface area contributed by atoms with Crippen LogP contribution < -0.4 is 4.80 Å². The van der Waals surface area contributed by atoms with Crippen LogP contribution in [0.15, 0.2) is 35.3 Å². The fourth-order valence-corrected chi connectivity index (χ4v) is 4.17. The summed E-state index contributed by atoms with van der Waals surface area (Å²) in [7, 11) is 0. The SMILES string of the molecule is Cc1c(C(C)(C)C)s/c(=N\C(=O)Cc2ccccc2)n1CC1CC1. The summed E-state index contributed by atoms with van der Waals surface area (Å²) in [4.78, 5) is 19.1. The van der Waals surface area contributed by atoms with E-state index in [0.29, 0.717) is 6.42 Å². The summed E-state index contributed by atoms with van der Waals surface area (Å²) in [5.74, 6) is 0.696. The van der Waals surface area contributed by atoms with Gasteiger partial charge in [-0.15, -0.1) is 11.3 Å². The Kier molecular flexibility index (Phi) is 4.77. The van der Waals surface area contributed by atoms with E-state index in [0.717, 1.165) is 22.8 Å². The Labute approximate surface area is 148 Å². The van der Waals surface area contributed by atoms with Crippen LogP contribution in [0.3, 0.4) is 0 Å². The van der Waals surface area contributed by atoms with E-state index in [4.69, 9.17) is 0 Å². The van der Waals surface area contributed by atoms with Gasteiger partial charge in [0.25, 0.3) is 5.91 Å². The molecule has 0 N–H and O–H groups in total. The van der Waals surface area contributed by atoms with E-state index in [9.17, 15) is 4.79 Å². The summed E-state index contributed by atoms with van der Waals surface area (Å²) >= 11 is 1.68. The molecule has 2 aromatic rings. The van der Waals surface area contributed by atoms with Gasteiger partial charge < -0.3 is 4.57 Å². The van der Waals surface area contributed by atoms with Crippen molar-refractivity contribution in [3.05, 3.63) is 51.3 Å². The molecule has 0 spiro atoms. The maximum absolute atomic E-state index is 12.4. The first-order valence-corrected chi connectivity index (χ1v) is 9.48. The first-order valence-electron chi connectivity index (χ1n) is 8.67. The van der Waals surface area contributed by atoms with Gasteiger partial charge in [0.2, 0.25) is 0 Å². The summed E-state index contributed by atoms with van der Waals surface area (Å²) in [5.41, 5.74) is 2.37. The molecule has 4 heteroatoms. The molecule has 3 rings (SSSR count). The molecule has 24 heavy (non-hydrogen) atoms. The molecule has 1 aliphatic carbocycles. The molecular formula is C20H26N2OS. The Morgan fingerprint density at radius 1 is 1.25 bits per heavy atom. The van der Waals surface area contributed by atoms with E-state index in [1.807, 2.05) is 30.3 Å². The van der Waals surface area contributed by atoms with Gasteiger partial charge in [-0.1, -0.05) is 51.1 Å². The summed E-state index contributed by atoms with van der Waals surface area (Å²) in [6, 6.07) is 9.84. The van der Waals surface area contributed by atoms with E-state index in [1.54, 1.807) is 11.3 Å². The average Bonchev–Trinajstić information content (AvgIpc) is 3.27. The zero-order chi connectivity index (χ0) is 17.3. The quantitative estimate of drug-likeness (QED) is 0.818. The van der Waals surface area contributed by atoms with Crippen LogP contribution in [0.5, 0.6) is 0 Å². The molecule has 0 radical (unpaired) electrons. The lowest BCUT2D eigenvalue weighted by Crippen LogP contribution is -2.20. The number of carbonyl (C=O) groups excluding carboxylic acids is 1. The van der Waals surface area contributed by atoms with Crippen LogP contribution in [0.1, 0.15) is 49.7 Å². The van der Waals surface area contributed by atoms with Crippen molar-refractivity contribution < 1.29 is 4.79 Å². The normalized spacial score (nSPS) is 15.8. The lowest BCUT2D eigenvalue weighted by atomic mass is 9.93. The molecule has 1 aromatic carbocycles. The minimum Gasteiger partial charge on any atom is -0.320 e. The fourth-order valence-electron chi connectivity index (χ4n) is 2.96. The Morgan fingerprint density at radius 2 is 1.92 bits per heavy atom. The molecule has 128 valence electrons. The highest BCUT2D eigenvalue weighted by atomic mass is 32.1. The molecule has 0 aliphatic heterocycles. The summed E-state index contributed by atoms with van der Waals surface area (Å²) in [6.07, 6.45) is 2.96. The molecule has 0 saturated heterocycles. The standard InChI is InChI=1S/C20H26N2OS/c1-14-18(20(2,3)4)24-19(22(14)13-16-10-11-16)21-17(23)12-15-8-6-5-7-9-15/h5-9,16H,10-13H2,1-4H3/b21-19-. The molecule has 1 aromatic heterocycles. The van der Waals surface area contributed by atoms with E-state index in [1.165, 1.54) is 23.4 Å². The van der Waals surface area contributed by atoms with Gasteiger partial charge in [-0.3, -0.25) is 4.79 Å². The number of thiazole rings is 1. The summed E-state index contributed by atoms with van der Waals surface area (Å²) in [5, 5.41) is 0. The predicted octanol–water partition coefficient (Wildman–Crippen LogP) is 4.24. The first-order chi connectivity index (χ1) is 11.3. The monoisotopic (exact) mass is 342 g/mol. The van der Waals surface area contributed by atoms with Crippen molar-refractivity contribution >= 4 is 17.2 Å². The van der Waals surface area contributed by atoms with Gasteiger partial charge in [0.1, 0.15) is 0 Å². The third-order valence-electron chi connectivity index (χ3n) is 4.40. The minimum absolute atomic E-state index is 0.0625. The number of hydrogen-bond acceptors (Lipinski definition) is 2. The number of nitrogens with zero attached hydrogens (tertiary/aromatic N) is 2. The lowest BCUT2D eigenvalue weighted by Gasteiger charge is -2.17. The second-order valence-electron chi connectivity index (χ2n) is 7.77. The van der Waals surface area contributed by atoms with Crippen LogP contribution in [0.25, 0.3) is 0 Å². The second kappa shape index (κ2) is 6.67. The molecule has 3 nitrogen and oxygen atoms in total. The molecule has 1 heterocycles. The van der Waals surface area contributed by atoms with Crippen molar-refractivity contribution in [1.29, 1.82) is 0 Å². The minimum atomic E-state index is -0.0625. The largest absolute Gasteiger partial charge is 0.320 e. The number of amides is 1. The van der Waals surface area contributed by atoms with Crippen molar-refractivity contribution in [2.75, 3.05) is 0 Å². The summed E-state index contributed by atoms with van der Waals surface area (Å²) < 4.78 is 2.27. The molecule has 0 atom stereocenters. The highest BCUT2D eigenvalue weighted by Gasteiger charge is 2.27. The van der Waals surface area contributed by atoms with E-state index in [-0.39, 0.29) is 11.3 Å². The fraction of sp³-hybridized carbons (Fsp3) is 0.500. The van der Waals surface area contributed by atoms with Crippen LogP contribution in [0.2, 0.25) is 0 Å². The van der Waals surface area contributed by atoms with Crippen molar-refractivity contribution in [3.8, 4) is 0 Å². The van der Waals surface area contributed by atoms with Gasteiger partial charge >= 0.3 is 0 Å². The number of hydrogen-bond donors (Lipinski definition) is 0. The van der Waals surface area contributed by atoms with Gasteiger partial charge in [-0.25, -0.2) is 0 Å². The molecule has 1 amide bonds. The van der Waals surface area contributed by atoms with Crippen LogP contribution >= 0.6 is 11.3 Å². The topological polar surface area (TPSA) is 34.4 Å². The molecular weight excluding hydrogens is 316 g/mol. The maximum Gasteiger partial charge on any atom is 0.252 e. The molecule has 1 saturated carbocycles. The Balaban J connectivity index is 1.94. The molecule has 1 aliphatic rings. The number of benzene rings is 1. The number of carbonyl (C=O) groups is 1. The number of aromatic nitrogens is 1. The third kappa shape index (κ3) is 4.04. The smallest absolute Gasteiger partial charge is 0.252 e. The van der Waals surface area contributed by atoms with Crippen molar-refractivity contribution in [2.45, 2.75) is 58.9 Å². The van der Waals surface area contributed by atoms with Crippen molar-refractivity contribution in [2.24, 2.45) is 10.9 Å². The first kappa shape index (κ1) is 17.2. The molecule has 1 fully saturated rings. The highest BCUT2D eigenvalue weighted by Crippen LogP contribution is 2.33. The van der Waals surface area contributed by atoms with E-state index >= 15 is 0 Å². The second-order valence-corrected chi connectivity index (χ2v) is 8.75. The Morgan fingerprint density at radius 3 is 2.50 bits per heavy atom. The van der Waals surface area contributed by atoms with Gasteiger partial charge in [0, 0.05) is 17.1 Å². The Hall–Kier alpha value is -1.68. The van der Waals surface area contributed by atoms with Gasteiger partial charge in [-0.2, -0.15) is 4.99 Å². The zero-order valence-electron chi connectivity index (χ0n) is 15.0. The third-order valence-corrected chi connectivity index (χ3v) is 6.00. The predicted molar refractivity (Wildman–Crippen MR) is 99.2 cm³/mol. The van der Waals surface area contributed by atoms with Crippen LogP contribution in [0.4, 0.5) is 0 Å². The van der Waals surface area contributed by atoms with Gasteiger partial charge in [-0.05, 0) is 36.7 Å². The average molecular weight is 343 g/mol. The zero-order valence-corrected chi connectivity index (χ0v) is 15.8. The van der Waals surface area contributed by atoms with Crippen molar-refractivity contribution in [3.63, 3.8) is 0 Å². The summed E-state index contributed by atoms with van der Waals surface area (Å²) in [6.45, 7) is 9.84.